The highest BCUT2D eigenvalue weighted by Crippen LogP contribution is 2.19. The van der Waals surface area contributed by atoms with E-state index in [9.17, 15) is 23.1 Å². The minimum absolute atomic E-state index is 0.0143. The van der Waals surface area contributed by atoms with Crippen LogP contribution in [0.5, 0.6) is 0 Å². The lowest BCUT2D eigenvalue weighted by atomic mass is 10.0. The van der Waals surface area contributed by atoms with Gasteiger partial charge in [-0.3, -0.25) is 0 Å². The number of carbonyl (C=O) groups is 1. The first kappa shape index (κ1) is 16.8. The molecule has 0 saturated heterocycles. The lowest BCUT2D eigenvalue weighted by molar-refractivity contribution is 0.138. The fraction of sp³-hybridized carbons (Fsp3) is 0.188. The highest BCUT2D eigenvalue weighted by molar-refractivity contribution is 5.89. The van der Waals surface area contributed by atoms with Crippen LogP contribution in [-0.4, -0.2) is 17.2 Å². The monoisotopic (exact) mass is 324 g/mol. The molecule has 4 nitrogen and oxygen atoms in total. The van der Waals surface area contributed by atoms with E-state index < -0.39 is 35.6 Å². The molecule has 0 radical (unpaired) electrons. The maximum atomic E-state index is 13.4. The first-order valence-electron chi connectivity index (χ1n) is 6.83. The van der Waals surface area contributed by atoms with Gasteiger partial charge in [-0.25, -0.2) is 18.0 Å². The number of hydrogen-bond donors (Lipinski definition) is 3. The van der Waals surface area contributed by atoms with Gasteiger partial charge < -0.3 is 15.7 Å². The molecule has 23 heavy (non-hydrogen) atoms. The third kappa shape index (κ3) is 4.23. The fourth-order valence-corrected chi connectivity index (χ4v) is 1.99. The third-order valence-corrected chi connectivity index (χ3v) is 3.24. The molecular formula is C16H15F3N2O2. The van der Waals surface area contributed by atoms with E-state index in [4.69, 9.17) is 0 Å². The summed E-state index contributed by atoms with van der Waals surface area (Å²) in [6, 6.07) is 7.02. The van der Waals surface area contributed by atoms with Crippen LogP contribution in [0, 0.1) is 17.5 Å². The standard InChI is InChI=1S/C16H15F3N2O2/c1-9(15(22)10-6-7-11(17)13(19)8-10)20-16(23)21-14-5-3-2-4-12(14)18/h2-9,15,22H,1H3,(H2,20,21,23). The van der Waals surface area contributed by atoms with Crippen LogP contribution in [0.15, 0.2) is 42.5 Å². The van der Waals surface area contributed by atoms with Crippen LogP contribution in [-0.2, 0) is 0 Å². The van der Waals surface area contributed by atoms with E-state index in [-0.39, 0.29) is 11.3 Å². The van der Waals surface area contributed by atoms with Crippen molar-refractivity contribution >= 4 is 11.7 Å². The number of amides is 2. The molecule has 122 valence electrons. The number of anilines is 1. The second kappa shape index (κ2) is 7.15. The summed E-state index contributed by atoms with van der Waals surface area (Å²) < 4.78 is 39.5. The molecular weight excluding hydrogens is 309 g/mol. The Morgan fingerprint density at radius 1 is 1.04 bits per heavy atom. The summed E-state index contributed by atoms with van der Waals surface area (Å²) in [5.41, 5.74) is 0.0992. The molecule has 0 aliphatic heterocycles. The van der Waals surface area contributed by atoms with Gasteiger partial charge in [-0.1, -0.05) is 18.2 Å². The quantitative estimate of drug-likeness (QED) is 0.808. The Labute approximate surface area is 131 Å². The Hall–Kier alpha value is -2.54. The van der Waals surface area contributed by atoms with Gasteiger partial charge in [0.15, 0.2) is 11.6 Å². The molecule has 2 atom stereocenters. The van der Waals surface area contributed by atoms with Gasteiger partial charge in [0.05, 0.1) is 17.8 Å². The highest BCUT2D eigenvalue weighted by Gasteiger charge is 2.20. The molecule has 0 aromatic heterocycles. The van der Waals surface area contributed by atoms with Crippen LogP contribution >= 0.6 is 0 Å². The second-order valence-corrected chi connectivity index (χ2v) is 4.99. The van der Waals surface area contributed by atoms with Crippen molar-refractivity contribution < 1.29 is 23.1 Å². The summed E-state index contributed by atoms with van der Waals surface area (Å²) in [5.74, 6) is -2.72. The van der Waals surface area contributed by atoms with Crippen molar-refractivity contribution in [2.45, 2.75) is 19.1 Å². The normalized spacial score (nSPS) is 13.3. The van der Waals surface area contributed by atoms with Crippen molar-refractivity contribution in [2.24, 2.45) is 0 Å². The van der Waals surface area contributed by atoms with Crippen LogP contribution in [0.2, 0.25) is 0 Å². The lowest BCUT2D eigenvalue weighted by Gasteiger charge is -2.21. The summed E-state index contributed by atoms with van der Waals surface area (Å²) in [5, 5.41) is 14.8. The van der Waals surface area contributed by atoms with Crippen LogP contribution in [0.1, 0.15) is 18.6 Å². The maximum absolute atomic E-state index is 13.4. The Balaban J connectivity index is 2.00. The maximum Gasteiger partial charge on any atom is 0.319 e. The topological polar surface area (TPSA) is 61.4 Å². The molecule has 2 unspecified atom stereocenters. The number of rotatable bonds is 4. The van der Waals surface area contributed by atoms with E-state index in [0.29, 0.717) is 0 Å². The van der Waals surface area contributed by atoms with E-state index in [1.54, 1.807) is 6.07 Å². The van der Waals surface area contributed by atoms with Crippen LogP contribution in [0.25, 0.3) is 0 Å². The minimum atomic E-state index is -1.25. The predicted molar refractivity (Wildman–Crippen MR) is 79.3 cm³/mol. The number of aliphatic hydroxyl groups is 1. The average Bonchev–Trinajstić information content (AvgIpc) is 2.51. The molecule has 2 rings (SSSR count). The smallest absolute Gasteiger partial charge is 0.319 e. The van der Waals surface area contributed by atoms with E-state index in [1.165, 1.54) is 31.2 Å². The molecule has 0 heterocycles. The number of para-hydroxylation sites is 1. The number of carbonyl (C=O) groups excluding carboxylic acids is 1. The van der Waals surface area contributed by atoms with Crippen molar-refractivity contribution in [2.75, 3.05) is 5.32 Å². The summed E-state index contributed by atoms with van der Waals surface area (Å²) in [6.45, 7) is 1.48. The SMILES string of the molecule is CC(NC(=O)Nc1ccccc1F)C(O)c1ccc(F)c(F)c1. The van der Waals surface area contributed by atoms with Gasteiger partial charge >= 0.3 is 6.03 Å². The van der Waals surface area contributed by atoms with Crippen molar-refractivity contribution in [3.63, 3.8) is 0 Å². The van der Waals surface area contributed by atoms with E-state index in [2.05, 4.69) is 10.6 Å². The van der Waals surface area contributed by atoms with Crippen LogP contribution in [0.4, 0.5) is 23.7 Å². The molecule has 3 N–H and O–H groups in total. The summed E-state index contributed by atoms with van der Waals surface area (Å²) in [4.78, 5) is 11.8. The zero-order chi connectivity index (χ0) is 17.0. The van der Waals surface area contributed by atoms with E-state index >= 15 is 0 Å². The third-order valence-electron chi connectivity index (χ3n) is 3.24. The van der Waals surface area contributed by atoms with Gasteiger partial charge in [0.2, 0.25) is 0 Å². The van der Waals surface area contributed by atoms with Gasteiger partial charge in [-0.2, -0.15) is 0 Å². The number of aliphatic hydroxyl groups excluding tert-OH is 1. The fourth-order valence-electron chi connectivity index (χ4n) is 1.99. The second-order valence-electron chi connectivity index (χ2n) is 4.99. The van der Waals surface area contributed by atoms with E-state index in [0.717, 1.165) is 12.1 Å². The molecule has 0 fully saturated rings. The number of hydrogen-bond acceptors (Lipinski definition) is 2. The molecule has 0 spiro atoms. The molecule has 2 amide bonds. The van der Waals surface area contributed by atoms with Crippen molar-refractivity contribution in [3.05, 3.63) is 65.5 Å². The summed E-state index contributed by atoms with van der Waals surface area (Å²) >= 11 is 0. The number of halogens is 3. The first-order valence-corrected chi connectivity index (χ1v) is 6.83. The Morgan fingerprint density at radius 3 is 2.39 bits per heavy atom. The Kier molecular flexibility index (Phi) is 5.23. The predicted octanol–water partition coefficient (Wildman–Crippen LogP) is 3.35. The zero-order valence-corrected chi connectivity index (χ0v) is 12.2. The van der Waals surface area contributed by atoms with Gasteiger partial charge in [0.25, 0.3) is 0 Å². The highest BCUT2D eigenvalue weighted by atomic mass is 19.2. The lowest BCUT2D eigenvalue weighted by Crippen LogP contribution is -2.39. The largest absolute Gasteiger partial charge is 0.386 e. The molecule has 2 aromatic carbocycles. The Morgan fingerprint density at radius 2 is 1.74 bits per heavy atom. The van der Waals surface area contributed by atoms with Gasteiger partial charge in [0, 0.05) is 0 Å². The molecule has 0 saturated carbocycles. The van der Waals surface area contributed by atoms with E-state index in [1.807, 2.05) is 0 Å². The van der Waals surface area contributed by atoms with Gasteiger partial charge in [-0.15, -0.1) is 0 Å². The molecule has 0 aliphatic rings. The molecule has 2 aromatic rings. The van der Waals surface area contributed by atoms with Crippen molar-refractivity contribution in [1.29, 1.82) is 0 Å². The zero-order valence-electron chi connectivity index (χ0n) is 12.2. The van der Waals surface area contributed by atoms with Crippen LogP contribution in [0.3, 0.4) is 0 Å². The molecule has 0 bridgehead atoms. The number of benzene rings is 2. The van der Waals surface area contributed by atoms with Gasteiger partial charge in [-0.05, 0) is 36.8 Å². The summed E-state index contributed by atoms with van der Waals surface area (Å²) in [6.07, 6.45) is -1.25. The Bertz CT molecular complexity index is 709. The molecule has 7 heteroatoms. The minimum Gasteiger partial charge on any atom is -0.386 e. The van der Waals surface area contributed by atoms with Crippen molar-refractivity contribution in [1.82, 2.24) is 5.32 Å². The molecule has 0 aliphatic carbocycles. The average molecular weight is 324 g/mol. The van der Waals surface area contributed by atoms with Crippen LogP contribution < -0.4 is 10.6 Å². The number of urea groups is 1. The van der Waals surface area contributed by atoms with Crippen molar-refractivity contribution in [3.8, 4) is 0 Å². The summed E-state index contributed by atoms with van der Waals surface area (Å²) in [7, 11) is 0. The first-order chi connectivity index (χ1) is 10.9. The van der Waals surface area contributed by atoms with Gasteiger partial charge in [0.1, 0.15) is 5.82 Å². The number of nitrogens with one attached hydrogen (secondary N) is 2.